The van der Waals surface area contributed by atoms with Crippen LogP contribution in [0.5, 0.6) is 0 Å². The summed E-state index contributed by atoms with van der Waals surface area (Å²) in [5.41, 5.74) is -2.51. The van der Waals surface area contributed by atoms with Crippen LogP contribution in [0.3, 0.4) is 0 Å². The quantitative estimate of drug-likeness (QED) is 0.432. The topological polar surface area (TPSA) is 26.3 Å². The first-order valence-corrected chi connectivity index (χ1v) is 9.89. The lowest BCUT2D eigenvalue weighted by molar-refractivity contribution is -0.143. The van der Waals surface area contributed by atoms with E-state index in [1.165, 1.54) is 6.92 Å². The molecule has 0 heterocycles. The number of carbonyl (C=O) groups is 1. The normalized spacial score (nSPS) is 17.5. The molecule has 0 spiro atoms. The van der Waals surface area contributed by atoms with E-state index in [0.717, 1.165) is 5.56 Å². The summed E-state index contributed by atoms with van der Waals surface area (Å²) < 4.78 is 84.8. The van der Waals surface area contributed by atoms with Crippen molar-refractivity contribution in [3.63, 3.8) is 0 Å². The number of ether oxygens (including phenoxy) is 1. The van der Waals surface area contributed by atoms with Crippen LogP contribution in [0.1, 0.15) is 68.4 Å². The van der Waals surface area contributed by atoms with Gasteiger partial charge < -0.3 is 4.74 Å². The molecule has 0 unspecified atom stereocenters. The SMILES string of the molecule is C.C[C@@H](OCC1(c2ccccc2)CCC(=O)CC1)c1cc(C(F)(F)F)cc(C(F)(F)F)c1. The van der Waals surface area contributed by atoms with E-state index < -0.39 is 35.0 Å². The van der Waals surface area contributed by atoms with E-state index in [0.29, 0.717) is 37.8 Å². The zero-order chi connectivity index (χ0) is 22.9. The van der Waals surface area contributed by atoms with Crippen LogP contribution in [0.2, 0.25) is 0 Å². The lowest BCUT2D eigenvalue weighted by atomic mass is 9.69. The number of Topliss-reactive ketones (excluding diaryl/α,β-unsaturated/α-hetero) is 1. The van der Waals surface area contributed by atoms with Gasteiger partial charge in [-0.25, -0.2) is 0 Å². The average Bonchev–Trinajstić information content (AvgIpc) is 2.72. The molecule has 1 fully saturated rings. The zero-order valence-corrected chi connectivity index (χ0v) is 16.8. The highest BCUT2D eigenvalue weighted by atomic mass is 19.4. The summed E-state index contributed by atoms with van der Waals surface area (Å²) in [5, 5.41) is 0. The fraction of sp³-hybridized carbons (Fsp3) is 0.458. The molecule has 1 saturated carbocycles. The molecule has 1 aliphatic rings. The van der Waals surface area contributed by atoms with Gasteiger partial charge in [0.15, 0.2) is 0 Å². The highest BCUT2D eigenvalue weighted by molar-refractivity contribution is 5.79. The fourth-order valence-corrected chi connectivity index (χ4v) is 3.91. The molecule has 0 aliphatic heterocycles. The van der Waals surface area contributed by atoms with Crippen molar-refractivity contribution in [2.24, 2.45) is 0 Å². The maximum atomic E-state index is 13.2. The Morgan fingerprint density at radius 3 is 1.88 bits per heavy atom. The third-order valence-electron chi connectivity index (χ3n) is 5.84. The number of hydrogen-bond donors (Lipinski definition) is 0. The number of ketones is 1. The minimum atomic E-state index is -4.91. The summed E-state index contributed by atoms with van der Waals surface area (Å²) in [5.74, 6) is 0.132. The predicted molar refractivity (Wildman–Crippen MR) is 109 cm³/mol. The van der Waals surface area contributed by atoms with Gasteiger partial charge in [-0.1, -0.05) is 37.8 Å². The van der Waals surface area contributed by atoms with Crippen molar-refractivity contribution in [3.05, 3.63) is 70.8 Å². The van der Waals surface area contributed by atoms with Crippen LogP contribution < -0.4 is 0 Å². The monoisotopic (exact) mass is 460 g/mol. The van der Waals surface area contributed by atoms with E-state index in [1.54, 1.807) is 0 Å². The Hall–Kier alpha value is -2.35. The van der Waals surface area contributed by atoms with Crippen molar-refractivity contribution >= 4 is 5.78 Å². The minimum Gasteiger partial charge on any atom is -0.373 e. The fourth-order valence-electron chi connectivity index (χ4n) is 3.91. The molecule has 176 valence electrons. The number of alkyl halides is 6. The molecule has 8 heteroatoms. The maximum Gasteiger partial charge on any atom is 0.416 e. The summed E-state index contributed by atoms with van der Waals surface area (Å²) in [6.07, 6.45) is -9.09. The summed E-state index contributed by atoms with van der Waals surface area (Å²) in [6, 6.07) is 10.8. The van der Waals surface area contributed by atoms with Crippen molar-refractivity contribution < 1.29 is 35.9 Å². The molecule has 32 heavy (non-hydrogen) atoms. The van der Waals surface area contributed by atoms with Crippen LogP contribution in [0.15, 0.2) is 48.5 Å². The molecule has 3 rings (SSSR count). The summed E-state index contributed by atoms with van der Waals surface area (Å²) >= 11 is 0. The molecule has 2 nitrogen and oxygen atoms in total. The van der Waals surface area contributed by atoms with Crippen molar-refractivity contribution in [2.45, 2.75) is 63.9 Å². The van der Waals surface area contributed by atoms with Crippen LogP contribution in [0.4, 0.5) is 26.3 Å². The Morgan fingerprint density at radius 2 is 1.41 bits per heavy atom. The maximum absolute atomic E-state index is 13.2. The molecule has 1 aliphatic carbocycles. The van der Waals surface area contributed by atoms with Gasteiger partial charge in [0.1, 0.15) is 5.78 Å². The number of rotatable bonds is 5. The van der Waals surface area contributed by atoms with Gasteiger partial charge in [0.2, 0.25) is 0 Å². The van der Waals surface area contributed by atoms with E-state index in [4.69, 9.17) is 4.74 Å². The first kappa shape index (κ1) is 25.9. The minimum absolute atomic E-state index is 0. The summed E-state index contributed by atoms with van der Waals surface area (Å²) in [7, 11) is 0. The van der Waals surface area contributed by atoms with Crippen molar-refractivity contribution in [1.82, 2.24) is 0 Å². The molecule has 2 aromatic carbocycles. The van der Waals surface area contributed by atoms with Gasteiger partial charge in [0, 0.05) is 18.3 Å². The Bertz CT molecular complexity index is 876. The van der Waals surface area contributed by atoms with E-state index in [-0.39, 0.29) is 31.4 Å². The Labute approximate surface area is 183 Å². The Kier molecular flexibility index (Phi) is 7.81. The second-order valence-corrected chi connectivity index (χ2v) is 7.98. The molecule has 1 atom stereocenters. The molecule has 0 N–H and O–H groups in total. The zero-order valence-electron chi connectivity index (χ0n) is 16.8. The van der Waals surface area contributed by atoms with Crippen LogP contribution >= 0.6 is 0 Å². The van der Waals surface area contributed by atoms with Gasteiger partial charge in [-0.2, -0.15) is 26.3 Å². The van der Waals surface area contributed by atoms with E-state index >= 15 is 0 Å². The van der Waals surface area contributed by atoms with Crippen LogP contribution in [-0.2, 0) is 27.3 Å². The van der Waals surface area contributed by atoms with Gasteiger partial charge in [-0.05, 0) is 49.1 Å². The first-order valence-electron chi connectivity index (χ1n) is 9.89. The molecular weight excluding hydrogens is 434 g/mol. The highest BCUT2D eigenvalue weighted by Crippen LogP contribution is 2.41. The first-order chi connectivity index (χ1) is 14.4. The molecule has 0 bridgehead atoms. The number of halogens is 6. The largest absolute Gasteiger partial charge is 0.416 e. The molecule has 2 aromatic rings. The number of hydrogen-bond acceptors (Lipinski definition) is 2. The number of carbonyl (C=O) groups excluding carboxylic acids is 1. The van der Waals surface area contributed by atoms with Crippen LogP contribution in [-0.4, -0.2) is 12.4 Å². The predicted octanol–water partition coefficient (Wildman–Crippen LogP) is 7.52. The van der Waals surface area contributed by atoms with Crippen LogP contribution in [0, 0.1) is 0 Å². The van der Waals surface area contributed by atoms with Crippen molar-refractivity contribution in [3.8, 4) is 0 Å². The second-order valence-electron chi connectivity index (χ2n) is 7.98. The van der Waals surface area contributed by atoms with E-state index in [2.05, 4.69) is 0 Å². The van der Waals surface area contributed by atoms with Gasteiger partial charge in [-0.3, -0.25) is 4.79 Å². The molecular formula is C24H26F6O2. The summed E-state index contributed by atoms with van der Waals surface area (Å²) in [4.78, 5) is 11.8. The third-order valence-corrected chi connectivity index (χ3v) is 5.84. The standard InChI is InChI=1S/C23H22F6O2.CH4/c1-15(16-11-18(22(24,25)26)13-19(12-16)23(27,28)29)31-14-21(9-7-20(30)8-10-21)17-5-3-2-4-6-17;/h2-6,11-13,15H,7-10,14H2,1H3;1H4/t15-;/m1./s1. The van der Waals surface area contributed by atoms with Gasteiger partial charge in [-0.15, -0.1) is 0 Å². The highest BCUT2D eigenvalue weighted by Gasteiger charge is 2.39. The summed E-state index contributed by atoms with van der Waals surface area (Å²) in [6.45, 7) is 1.52. The molecule has 0 saturated heterocycles. The van der Waals surface area contributed by atoms with E-state index in [9.17, 15) is 31.1 Å². The Morgan fingerprint density at radius 1 is 0.906 bits per heavy atom. The van der Waals surface area contributed by atoms with Crippen molar-refractivity contribution in [2.75, 3.05) is 6.61 Å². The Balaban J connectivity index is 0.00000363. The van der Waals surface area contributed by atoms with Crippen molar-refractivity contribution in [1.29, 1.82) is 0 Å². The average molecular weight is 460 g/mol. The lowest BCUT2D eigenvalue weighted by Crippen LogP contribution is -2.37. The smallest absolute Gasteiger partial charge is 0.373 e. The third kappa shape index (κ3) is 5.91. The molecule has 0 aromatic heterocycles. The lowest BCUT2D eigenvalue weighted by Gasteiger charge is -2.38. The van der Waals surface area contributed by atoms with Gasteiger partial charge in [0.05, 0.1) is 23.8 Å². The molecule has 0 amide bonds. The van der Waals surface area contributed by atoms with E-state index in [1.807, 2.05) is 30.3 Å². The van der Waals surface area contributed by atoms with Gasteiger partial charge >= 0.3 is 12.4 Å². The molecule has 0 radical (unpaired) electrons. The second kappa shape index (κ2) is 9.65. The van der Waals surface area contributed by atoms with Gasteiger partial charge in [0.25, 0.3) is 0 Å². The number of benzene rings is 2. The van der Waals surface area contributed by atoms with Crippen LogP contribution in [0.25, 0.3) is 0 Å².